The van der Waals surface area contributed by atoms with Gasteiger partial charge in [0.05, 0.1) is 11.4 Å². The fourth-order valence-corrected chi connectivity index (χ4v) is 3.65. The maximum atomic E-state index is 13.2. The summed E-state index contributed by atoms with van der Waals surface area (Å²) in [6.07, 6.45) is 0.311. The summed E-state index contributed by atoms with van der Waals surface area (Å²) in [7, 11) is 0. The first-order valence-electron chi connectivity index (χ1n) is 10.4. The van der Waals surface area contributed by atoms with Gasteiger partial charge in [0, 0.05) is 12.1 Å². The summed E-state index contributed by atoms with van der Waals surface area (Å²) in [5, 5.41) is 8.47. The molecule has 0 saturated carbocycles. The molecule has 3 aromatic rings. The molecule has 0 saturated heterocycles. The molecule has 7 heteroatoms. The Kier molecular flexibility index (Phi) is 6.17. The molecule has 7 nitrogen and oxygen atoms in total. The van der Waals surface area contributed by atoms with Gasteiger partial charge in [0.15, 0.2) is 0 Å². The van der Waals surface area contributed by atoms with Crippen molar-refractivity contribution in [2.24, 2.45) is 0 Å². The number of fused-ring (bicyclic) bond motifs is 1. The summed E-state index contributed by atoms with van der Waals surface area (Å²) in [5.41, 5.74) is 3.73. The topological polar surface area (TPSA) is 90.5 Å². The Hall–Kier alpha value is -4.13. The Labute approximate surface area is 186 Å². The number of rotatable bonds is 5. The number of aryl methyl sites for hydroxylation is 1. The van der Waals surface area contributed by atoms with Crippen LogP contribution in [0.1, 0.15) is 11.1 Å². The second kappa shape index (κ2) is 9.34. The highest BCUT2D eigenvalue weighted by Crippen LogP contribution is 2.28. The number of hydrogen-bond acceptors (Lipinski definition) is 3. The number of anilines is 3. The van der Waals surface area contributed by atoms with Crippen molar-refractivity contribution in [1.82, 2.24) is 5.32 Å². The Morgan fingerprint density at radius 1 is 1.00 bits per heavy atom. The molecule has 3 aromatic carbocycles. The average molecular weight is 428 g/mol. The summed E-state index contributed by atoms with van der Waals surface area (Å²) in [5.74, 6) is -0.620. The van der Waals surface area contributed by atoms with E-state index in [-0.39, 0.29) is 18.4 Å². The van der Waals surface area contributed by atoms with Crippen LogP contribution in [0.25, 0.3) is 0 Å². The van der Waals surface area contributed by atoms with Crippen LogP contribution in [0, 0.1) is 6.92 Å². The van der Waals surface area contributed by atoms with Crippen LogP contribution in [0.4, 0.5) is 21.9 Å². The Balaban J connectivity index is 1.56. The highest BCUT2D eigenvalue weighted by atomic mass is 16.2. The first-order chi connectivity index (χ1) is 15.5. The van der Waals surface area contributed by atoms with Crippen molar-refractivity contribution in [1.29, 1.82) is 0 Å². The highest BCUT2D eigenvalue weighted by Gasteiger charge is 2.30. The van der Waals surface area contributed by atoms with Gasteiger partial charge in [-0.25, -0.2) is 4.79 Å². The number of benzene rings is 3. The lowest BCUT2D eigenvalue weighted by molar-refractivity contribution is -0.118. The predicted molar refractivity (Wildman–Crippen MR) is 125 cm³/mol. The number of amides is 4. The van der Waals surface area contributed by atoms with Crippen molar-refractivity contribution in [2.45, 2.75) is 19.4 Å². The van der Waals surface area contributed by atoms with Crippen molar-refractivity contribution in [3.8, 4) is 0 Å². The normalized spacial score (nSPS) is 13.5. The van der Waals surface area contributed by atoms with Crippen LogP contribution in [0.15, 0.2) is 78.9 Å². The van der Waals surface area contributed by atoms with E-state index in [4.69, 9.17) is 0 Å². The van der Waals surface area contributed by atoms with Crippen LogP contribution in [-0.4, -0.2) is 30.4 Å². The van der Waals surface area contributed by atoms with Gasteiger partial charge >= 0.3 is 6.03 Å². The highest BCUT2D eigenvalue weighted by molar-refractivity contribution is 6.10. The van der Waals surface area contributed by atoms with E-state index in [1.54, 1.807) is 30.3 Å². The number of urea groups is 1. The molecule has 0 fully saturated rings. The van der Waals surface area contributed by atoms with E-state index in [9.17, 15) is 14.4 Å². The SMILES string of the molecule is Cc1cccc(NC(=O)[C@H](Cc2ccccc2)NC(=O)N2CC(=O)Nc3ccccc32)c1. The Bertz CT molecular complexity index is 1150. The first kappa shape index (κ1) is 21.1. The van der Waals surface area contributed by atoms with Gasteiger partial charge in [-0.3, -0.25) is 14.5 Å². The molecule has 1 heterocycles. The van der Waals surface area contributed by atoms with E-state index in [2.05, 4.69) is 16.0 Å². The van der Waals surface area contributed by atoms with Gasteiger partial charge in [-0.1, -0.05) is 54.6 Å². The van der Waals surface area contributed by atoms with Gasteiger partial charge in [0.1, 0.15) is 12.6 Å². The maximum Gasteiger partial charge on any atom is 0.323 e. The molecule has 0 bridgehead atoms. The van der Waals surface area contributed by atoms with Crippen molar-refractivity contribution in [2.75, 3.05) is 22.1 Å². The van der Waals surface area contributed by atoms with Crippen LogP contribution in [0.5, 0.6) is 0 Å². The summed E-state index contributed by atoms with van der Waals surface area (Å²) >= 11 is 0. The molecule has 0 unspecified atom stereocenters. The molecule has 4 rings (SSSR count). The third-order valence-corrected chi connectivity index (χ3v) is 5.20. The molecule has 0 spiro atoms. The summed E-state index contributed by atoms with van der Waals surface area (Å²) in [6, 6.07) is 22.7. The van der Waals surface area contributed by atoms with Crippen molar-refractivity contribution in [3.05, 3.63) is 90.0 Å². The zero-order valence-electron chi connectivity index (χ0n) is 17.7. The molecule has 0 aliphatic carbocycles. The summed E-state index contributed by atoms with van der Waals surface area (Å²) < 4.78 is 0. The second-order valence-corrected chi connectivity index (χ2v) is 7.70. The predicted octanol–water partition coefficient (Wildman–Crippen LogP) is 3.71. The summed E-state index contributed by atoms with van der Waals surface area (Å²) in [6.45, 7) is 1.82. The molecule has 0 radical (unpaired) electrons. The molecule has 4 amide bonds. The van der Waals surface area contributed by atoms with Crippen LogP contribution in [0.2, 0.25) is 0 Å². The quantitative estimate of drug-likeness (QED) is 0.579. The fourth-order valence-electron chi connectivity index (χ4n) is 3.65. The Morgan fingerprint density at radius 2 is 1.75 bits per heavy atom. The van der Waals surface area contributed by atoms with Crippen molar-refractivity contribution < 1.29 is 14.4 Å². The van der Waals surface area contributed by atoms with Crippen LogP contribution < -0.4 is 20.9 Å². The van der Waals surface area contributed by atoms with Gasteiger partial charge in [0.25, 0.3) is 0 Å². The number of carbonyl (C=O) groups excluding carboxylic acids is 3. The zero-order chi connectivity index (χ0) is 22.5. The number of para-hydroxylation sites is 2. The number of carbonyl (C=O) groups is 3. The lowest BCUT2D eigenvalue weighted by Gasteiger charge is -2.30. The second-order valence-electron chi connectivity index (χ2n) is 7.70. The third kappa shape index (κ3) is 4.95. The zero-order valence-corrected chi connectivity index (χ0v) is 17.7. The van der Waals surface area contributed by atoms with E-state index in [0.717, 1.165) is 11.1 Å². The van der Waals surface area contributed by atoms with Crippen LogP contribution in [-0.2, 0) is 16.0 Å². The number of nitrogens with one attached hydrogen (secondary N) is 3. The summed E-state index contributed by atoms with van der Waals surface area (Å²) in [4.78, 5) is 39.8. The minimum atomic E-state index is -0.831. The van der Waals surface area contributed by atoms with E-state index in [1.165, 1.54) is 4.90 Å². The Morgan fingerprint density at radius 3 is 2.53 bits per heavy atom. The molecular weight excluding hydrogens is 404 g/mol. The molecule has 1 atom stereocenters. The number of hydrogen-bond donors (Lipinski definition) is 3. The molecular formula is C25H24N4O3. The van der Waals surface area contributed by atoms with Crippen LogP contribution >= 0.6 is 0 Å². The minimum absolute atomic E-state index is 0.125. The van der Waals surface area contributed by atoms with Gasteiger partial charge in [-0.2, -0.15) is 0 Å². The minimum Gasteiger partial charge on any atom is -0.326 e. The maximum absolute atomic E-state index is 13.2. The smallest absolute Gasteiger partial charge is 0.323 e. The van der Waals surface area contributed by atoms with Crippen molar-refractivity contribution in [3.63, 3.8) is 0 Å². The van der Waals surface area contributed by atoms with Gasteiger partial charge < -0.3 is 16.0 Å². The molecule has 0 aromatic heterocycles. The van der Waals surface area contributed by atoms with Gasteiger partial charge in [-0.15, -0.1) is 0 Å². The van der Waals surface area contributed by atoms with Crippen LogP contribution in [0.3, 0.4) is 0 Å². The number of nitrogens with zero attached hydrogens (tertiary/aromatic N) is 1. The molecule has 1 aliphatic heterocycles. The monoisotopic (exact) mass is 428 g/mol. The van der Waals surface area contributed by atoms with Gasteiger partial charge in [-0.05, 0) is 42.3 Å². The van der Waals surface area contributed by atoms with E-state index >= 15 is 0 Å². The van der Waals surface area contributed by atoms with Gasteiger partial charge in [0.2, 0.25) is 11.8 Å². The first-order valence-corrected chi connectivity index (χ1v) is 10.4. The van der Waals surface area contributed by atoms with E-state index in [1.807, 2.05) is 55.5 Å². The average Bonchev–Trinajstić information content (AvgIpc) is 2.78. The molecule has 1 aliphatic rings. The lowest BCUT2D eigenvalue weighted by atomic mass is 10.0. The molecule has 3 N–H and O–H groups in total. The standard InChI is InChI=1S/C25H24N4O3/c1-17-8-7-11-19(14-17)26-24(31)21(15-18-9-3-2-4-10-18)28-25(32)29-16-23(30)27-20-12-5-6-13-22(20)29/h2-14,21H,15-16H2,1H3,(H,26,31)(H,27,30)(H,28,32)/t21-/m0/s1. The third-order valence-electron chi connectivity index (χ3n) is 5.20. The largest absolute Gasteiger partial charge is 0.326 e. The van der Waals surface area contributed by atoms with E-state index < -0.39 is 12.1 Å². The van der Waals surface area contributed by atoms with Crippen molar-refractivity contribution >= 4 is 34.9 Å². The molecule has 162 valence electrons. The molecule has 32 heavy (non-hydrogen) atoms. The van der Waals surface area contributed by atoms with E-state index in [0.29, 0.717) is 23.5 Å². The lowest BCUT2D eigenvalue weighted by Crippen LogP contribution is -2.53. The fraction of sp³-hybridized carbons (Fsp3) is 0.160.